The lowest BCUT2D eigenvalue weighted by molar-refractivity contribution is 0.101. The second kappa shape index (κ2) is 7.03. The number of anilines is 1. The number of hydrogen-bond acceptors (Lipinski definition) is 5. The number of aromatic nitrogens is 2. The molecule has 0 saturated heterocycles. The number of fused-ring (bicyclic) bond motifs is 1. The molecule has 1 saturated carbocycles. The molecule has 0 aliphatic heterocycles. The Morgan fingerprint density at radius 3 is 2.58 bits per heavy atom. The number of carbonyl (C=O) groups is 1. The number of halogens is 1. The predicted molar refractivity (Wildman–Crippen MR) is 97.9 cm³/mol. The van der Waals surface area contributed by atoms with E-state index in [-0.39, 0.29) is 5.78 Å². The first-order valence-electron chi connectivity index (χ1n) is 8.35. The lowest BCUT2D eigenvalue weighted by Gasteiger charge is -2.33. The zero-order valence-electron chi connectivity index (χ0n) is 14.3. The molecule has 24 heavy (non-hydrogen) atoms. The first-order valence-corrected chi connectivity index (χ1v) is 8.72. The number of hydrogen-bond donors (Lipinski definition) is 1. The van der Waals surface area contributed by atoms with Gasteiger partial charge in [0.1, 0.15) is 10.7 Å². The summed E-state index contributed by atoms with van der Waals surface area (Å²) in [5.41, 5.74) is 2.76. The molecule has 2 aromatic heterocycles. The highest BCUT2D eigenvalue weighted by molar-refractivity contribution is 6.30. The van der Waals surface area contributed by atoms with E-state index in [0.717, 1.165) is 36.9 Å². The number of pyridine rings is 2. The number of nitrogens with one attached hydrogen (secondary N) is 1. The van der Waals surface area contributed by atoms with Crippen LogP contribution < -0.4 is 5.32 Å². The lowest BCUT2D eigenvalue weighted by Crippen LogP contribution is -2.36. The molecule has 0 radical (unpaired) electrons. The summed E-state index contributed by atoms with van der Waals surface area (Å²) in [7, 11) is 4.27. The van der Waals surface area contributed by atoms with E-state index in [1.165, 1.54) is 0 Å². The van der Waals surface area contributed by atoms with Gasteiger partial charge in [0.15, 0.2) is 5.78 Å². The van der Waals surface area contributed by atoms with E-state index in [1.54, 1.807) is 19.2 Å². The number of nitrogens with zero attached hydrogens (tertiary/aromatic N) is 3. The molecule has 1 aliphatic carbocycles. The maximum atomic E-state index is 12.0. The Bertz CT molecular complexity index is 754. The van der Waals surface area contributed by atoms with E-state index < -0.39 is 0 Å². The van der Waals surface area contributed by atoms with Crippen LogP contribution in [0.25, 0.3) is 11.0 Å². The van der Waals surface area contributed by atoms with Gasteiger partial charge in [-0.15, -0.1) is 0 Å². The third kappa shape index (κ3) is 3.52. The van der Waals surface area contributed by atoms with Gasteiger partial charge in [0.05, 0.1) is 16.8 Å². The van der Waals surface area contributed by atoms with Crippen LogP contribution in [-0.2, 0) is 0 Å². The van der Waals surface area contributed by atoms with Gasteiger partial charge in [-0.25, -0.2) is 4.98 Å². The van der Waals surface area contributed by atoms with Gasteiger partial charge in [0, 0.05) is 18.3 Å². The minimum atomic E-state index is -0.0179. The Morgan fingerprint density at radius 1 is 1.25 bits per heavy atom. The monoisotopic (exact) mass is 346 g/mol. The van der Waals surface area contributed by atoms with E-state index >= 15 is 0 Å². The maximum absolute atomic E-state index is 12.0. The van der Waals surface area contributed by atoms with Crippen molar-refractivity contribution in [3.63, 3.8) is 0 Å². The van der Waals surface area contributed by atoms with Crippen molar-refractivity contribution in [2.75, 3.05) is 19.4 Å². The summed E-state index contributed by atoms with van der Waals surface area (Å²) in [6.45, 7) is 1.56. The van der Waals surface area contributed by atoms with Gasteiger partial charge < -0.3 is 10.2 Å². The Kier molecular flexibility index (Phi) is 5.01. The van der Waals surface area contributed by atoms with Gasteiger partial charge in [-0.2, -0.15) is 0 Å². The van der Waals surface area contributed by atoms with E-state index in [1.807, 2.05) is 6.07 Å². The van der Waals surface area contributed by atoms with Crippen LogP contribution in [0.1, 0.15) is 43.0 Å². The molecule has 1 N–H and O–H groups in total. The van der Waals surface area contributed by atoms with Crippen LogP contribution in [0.15, 0.2) is 18.3 Å². The van der Waals surface area contributed by atoms with Crippen LogP contribution in [0, 0.1) is 0 Å². The summed E-state index contributed by atoms with van der Waals surface area (Å²) < 4.78 is 0. The fourth-order valence-electron chi connectivity index (χ4n) is 3.40. The van der Waals surface area contributed by atoms with Crippen molar-refractivity contribution in [2.24, 2.45) is 0 Å². The summed E-state index contributed by atoms with van der Waals surface area (Å²) in [5, 5.41) is 3.97. The second-order valence-corrected chi connectivity index (χ2v) is 7.11. The van der Waals surface area contributed by atoms with E-state index in [0.29, 0.717) is 28.3 Å². The average molecular weight is 347 g/mol. The van der Waals surface area contributed by atoms with Gasteiger partial charge in [-0.1, -0.05) is 11.6 Å². The maximum Gasteiger partial charge on any atom is 0.163 e. The molecule has 2 heterocycles. The van der Waals surface area contributed by atoms with Gasteiger partial charge in [0.25, 0.3) is 0 Å². The van der Waals surface area contributed by atoms with E-state index in [9.17, 15) is 4.79 Å². The molecule has 0 spiro atoms. The molecule has 0 atom stereocenters. The zero-order valence-corrected chi connectivity index (χ0v) is 15.1. The van der Waals surface area contributed by atoms with Crippen molar-refractivity contribution < 1.29 is 4.79 Å². The topological polar surface area (TPSA) is 58.1 Å². The van der Waals surface area contributed by atoms with Crippen LogP contribution in [0.4, 0.5) is 5.69 Å². The Labute approximate surface area is 147 Å². The largest absolute Gasteiger partial charge is 0.380 e. The first kappa shape index (κ1) is 17.1. The standard InChI is InChI=1S/C18H23ClN4O/c1-11(24)14-10-20-15-8-9-16(19)22-18(15)17(14)21-12-4-6-13(7-5-12)23(2)3/h8-10,12-13H,4-7H2,1-3H3,(H,20,21). The Hall–Kier alpha value is -1.72. The molecular formula is C18H23ClN4O. The van der Waals surface area contributed by atoms with Crippen LogP contribution in [-0.4, -0.2) is 46.8 Å². The summed E-state index contributed by atoms with van der Waals surface area (Å²) >= 11 is 6.06. The molecule has 6 heteroatoms. The van der Waals surface area contributed by atoms with E-state index in [4.69, 9.17) is 11.6 Å². The molecule has 1 fully saturated rings. The highest BCUT2D eigenvalue weighted by atomic mass is 35.5. The van der Waals surface area contributed by atoms with E-state index in [2.05, 4.69) is 34.3 Å². The molecule has 3 rings (SSSR count). The van der Waals surface area contributed by atoms with Crippen LogP contribution in [0.3, 0.4) is 0 Å². The normalized spacial score (nSPS) is 21.2. The van der Waals surface area contributed by atoms with Crippen molar-refractivity contribution in [3.8, 4) is 0 Å². The molecule has 0 unspecified atom stereocenters. The second-order valence-electron chi connectivity index (χ2n) is 6.72. The number of rotatable bonds is 4. The summed E-state index contributed by atoms with van der Waals surface area (Å²) in [4.78, 5) is 23.1. The SMILES string of the molecule is CC(=O)c1cnc2ccc(Cl)nc2c1NC1CCC(N(C)C)CC1. The third-order valence-electron chi connectivity index (χ3n) is 4.83. The Balaban J connectivity index is 1.91. The van der Waals surface area contributed by atoms with Crippen LogP contribution in [0.5, 0.6) is 0 Å². The quantitative estimate of drug-likeness (QED) is 0.674. The smallest absolute Gasteiger partial charge is 0.163 e. The molecule has 1 aliphatic rings. The minimum absolute atomic E-state index is 0.0179. The first-order chi connectivity index (χ1) is 11.5. The number of ketones is 1. The summed E-state index contributed by atoms with van der Waals surface area (Å²) in [5.74, 6) is -0.0179. The summed E-state index contributed by atoms with van der Waals surface area (Å²) in [6, 6.07) is 4.53. The Morgan fingerprint density at radius 2 is 1.96 bits per heavy atom. The third-order valence-corrected chi connectivity index (χ3v) is 5.04. The van der Waals surface area contributed by atoms with Gasteiger partial charge in [-0.05, 0) is 58.8 Å². The molecule has 0 aromatic carbocycles. The lowest BCUT2D eigenvalue weighted by atomic mass is 9.90. The molecule has 0 amide bonds. The van der Waals surface area contributed by atoms with Gasteiger partial charge in [-0.3, -0.25) is 9.78 Å². The molecular weight excluding hydrogens is 324 g/mol. The van der Waals surface area contributed by atoms with Crippen molar-refractivity contribution >= 4 is 34.1 Å². The molecule has 128 valence electrons. The molecule has 5 nitrogen and oxygen atoms in total. The minimum Gasteiger partial charge on any atom is -0.380 e. The molecule has 0 bridgehead atoms. The highest BCUT2D eigenvalue weighted by Crippen LogP contribution is 2.30. The van der Waals surface area contributed by atoms with Crippen LogP contribution in [0.2, 0.25) is 5.15 Å². The summed E-state index contributed by atoms with van der Waals surface area (Å²) in [6.07, 6.45) is 6.08. The van der Waals surface area contributed by atoms with Crippen molar-refractivity contribution in [1.82, 2.24) is 14.9 Å². The molecule has 2 aromatic rings. The highest BCUT2D eigenvalue weighted by Gasteiger charge is 2.24. The fourth-order valence-corrected chi connectivity index (χ4v) is 3.54. The van der Waals surface area contributed by atoms with Crippen LogP contribution >= 0.6 is 11.6 Å². The predicted octanol–water partition coefficient (Wildman–Crippen LogP) is 3.77. The van der Waals surface area contributed by atoms with Gasteiger partial charge in [0.2, 0.25) is 0 Å². The van der Waals surface area contributed by atoms with Crippen molar-refractivity contribution in [3.05, 3.63) is 29.0 Å². The fraction of sp³-hybridized carbons (Fsp3) is 0.500. The average Bonchev–Trinajstić information content (AvgIpc) is 2.55. The van der Waals surface area contributed by atoms with Gasteiger partial charge >= 0.3 is 0 Å². The number of carbonyl (C=O) groups excluding carboxylic acids is 1. The van der Waals surface area contributed by atoms with Crippen molar-refractivity contribution in [2.45, 2.75) is 44.7 Å². The number of Topliss-reactive ketones (excluding diaryl/α,β-unsaturated/α-hetero) is 1. The van der Waals surface area contributed by atoms with Crippen molar-refractivity contribution in [1.29, 1.82) is 0 Å². The zero-order chi connectivity index (χ0) is 17.3.